The summed E-state index contributed by atoms with van der Waals surface area (Å²) in [6, 6.07) is 3.30. The van der Waals surface area contributed by atoms with E-state index in [1.807, 2.05) is 27.7 Å². The second-order valence-electron chi connectivity index (χ2n) is 7.09. The van der Waals surface area contributed by atoms with Crippen LogP contribution in [-0.4, -0.2) is 19.3 Å². The topological polar surface area (TPSA) is 92.7 Å². The molecule has 0 fully saturated rings. The molecule has 2 N–H and O–H groups in total. The number of nitrogens with zero attached hydrogens (tertiary/aromatic N) is 2. The number of fused-ring (bicyclic) bond motifs is 2. The van der Waals surface area contributed by atoms with Crippen LogP contribution in [0, 0.1) is 11.8 Å². The monoisotopic (exact) mass is 330 g/mol. The number of imidazole rings is 1. The van der Waals surface area contributed by atoms with E-state index in [4.69, 9.17) is 0 Å². The van der Waals surface area contributed by atoms with Crippen LogP contribution in [0.5, 0.6) is 0 Å². The van der Waals surface area contributed by atoms with Gasteiger partial charge >= 0.3 is 5.69 Å². The molecule has 0 saturated carbocycles. The van der Waals surface area contributed by atoms with Crippen molar-refractivity contribution in [2.45, 2.75) is 40.8 Å². The normalized spacial score (nSPS) is 12.1. The Kier molecular flexibility index (Phi) is 3.95. The van der Waals surface area contributed by atoms with Gasteiger partial charge in [0.05, 0.1) is 21.8 Å². The van der Waals surface area contributed by atoms with Gasteiger partial charge in [-0.15, -0.1) is 0 Å². The van der Waals surface area contributed by atoms with Crippen LogP contribution in [0.3, 0.4) is 0 Å². The Morgan fingerprint density at radius 2 is 1.17 bits per heavy atom. The Bertz CT molecular complexity index is 996. The minimum absolute atomic E-state index is 0.101. The highest BCUT2D eigenvalue weighted by atomic mass is 16.2. The first-order valence-corrected chi connectivity index (χ1v) is 8.17. The maximum atomic E-state index is 12.9. The Hall–Kier alpha value is -2.57. The lowest BCUT2D eigenvalue weighted by molar-refractivity contribution is 0.481. The largest absolute Gasteiger partial charge is 0.329 e. The highest BCUT2D eigenvalue weighted by Gasteiger charge is 2.17. The molecule has 2 aromatic heterocycles. The van der Waals surface area contributed by atoms with Crippen LogP contribution in [0.15, 0.2) is 26.5 Å². The number of aromatic nitrogens is 4. The lowest BCUT2D eigenvalue weighted by Gasteiger charge is -2.06. The van der Waals surface area contributed by atoms with Gasteiger partial charge in [-0.3, -0.25) is 28.9 Å². The fourth-order valence-corrected chi connectivity index (χ4v) is 3.07. The summed E-state index contributed by atoms with van der Waals surface area (Å²) in [5.41, 5.74) is 0.546. The van der Waals surface area contributed by atoms with Crippen LogP contribution in [0.4, 0.5) is 0 Å². The van der Waals surface area contributed by atoms with E-state index in [1.165, 1.54) is 0 Å². The quantitative estimate of drug-likeness (QED) is 0.762. The van der Waals surface area contributed by atoms with E-state index in [-0.39, 0.29) is 28.6 Å². The summed E-state index contributed by atoms with van der Waals surface area (Å²) >= 11 is 0. The van der Waals surface area contributed by atoms with Gasteiger partial charge in [-0.25, -0.2) is 4.79 Å². The van der Waals surface area contributed by atoms with Crippen LogP contribution >= 0.6 is 0 Å². The van der Waals surface area contributed by atoms with Crippen LogP contribution < -0.4 is 16.8 Å². The number of hydrogen-bond donors (Lipinski definition) is 2. The van der Waals surface area contributed by atoms with Crippen molar-refractivity contribution in [2.75, 3.05) is 0 Å². The highest BCUT2D eigenvalue weighted by molar-refractivity contribution is 5.94. The summed E-state index contributed by atoms with van der Waals surface area (Å²) in [5.74, 6) is 0.572. The number of rotatable bonds is 4. The number of H-pyrrole nitrogens is 2. The zero-order valence-electron chi connectivity index (χ0n) is 14.3. The average molecular weight is 330 g/mol. The summed E-state index contributed by atoms with van der Waals surface area (Å²) in [6.07, 6.45) is 0. The van der Waals surface area contributed by atoms with E-state index in [9.17, 15) is 14.4 Å². The van der Waals surface area contributed by atoms with Crippen molar-refractivity contribution in [2.24, 2.45) is 11.8 Å². The molecule has 0 aliphatic heterocycles. The van der Waals surface area contributed by atoms with Gasteiger partial charge in [0.25, 0.3) is 11.1 Å². The van der Waals surface area contributed by atoms with Gasteiger partial charge in [-0.05, 0) is 24.0 Å². The molecule has 0 radical (unpaired) electrons. The van der Waals surface area contributed by atoms with Crippen LogP contribution in [0.1, 0.15) is 27.7 Å². The van der Waals surface area contributed by atoms with Gasteiger partial charge in [-0.1, -0.05) is 27.7 Å². The van der Waals surface area contributed by atoms with Crippen molar-refractivity contribution in [1.29, 1.82) is 0 Å². The first kappa shape index (κ1) is 16.3. The predicted molar refractivity (Wildman–Crippen MR) is 94.6 cm³/mol. The molecule has 3 rings (SSSR count). The smallest absolute Gasteiger partial charge is 0.292 e. The van der Waals surface area contributed by atoms with Crippen molar-refractivity contribution >= 4 is 21.8 Å². The maximum Gasteiger partial charge on any atom is 0.329 e. The first-order chi connectivity index (χ1) is 11.3. The third-order valence-corrected chi connectivity index (χ3v) is 4.03. The predicted octanol–water partition coefficient (Wildman–Crippen LogP) is 1.64. The molecule has 0 amide bonds. The second kappa shape index (κ2) is 5.81. The Balaban J connectivity index is 2.47. The van der Waals surface area contributed by atoms with E-state index in [2.05, 4.69) is 10.2 Å². The van der Waals surface area contributed by atoms with Gasteiger partial charge in [0.15, 0.2) is 0 Å². The van der Waals surface area contributed by atoms with Gasteiger partial charge in [0.1, 0.15) is 0 Å². The molecular formula is C17H22N4O3. The second-order valence-corrected chi connectivity index (χ2v) is 7.09. The zero-order chi connectivity index (χ0) is 17.6. The van der Waals surface area contributed by atoms with Crippen molar-refractivity contribution < 1.29 is 0 Å². The lowest BCUT2D eigenvalue weighted by atomic mass is 10.1. The average Bonchev–Trinajstić information content (AvgIpc) is 2.74. The highest BCUT2D eigenvalue weighted by Crippen LogP contribution is 2.20. The zero-order valence-corrected chi connectivity index (χ0v) is 14.3. The van der Waals surface area contributed by atoms with E-state index >= 15 is 0 Å². The van der Waals surface area contributed by atoms with Gasteiger partial charge in [0.2, 0.25) is 0 Å². The van der Waals surface area contributed by atoms with E-state index in [1.54, 1.807) is 21.3 Å². The number of nitrogens with one attached hydrogen (secondary N) is 2. The van der Waals surface area contributed by atoms with Crippen LogP contribution in [-0.2, 0) is 13.1 Å². The molecule has 7 heteroatoms. The number of benzene rings is 1. The first-order valence-electron chi connectivity index (χ1n) is 8.17. The van der Waals surface area contributed by atoms with Crippen LogP contribution in [0.2, 0.25) is 0 Å². The van der Waals surface area contributed by atoms with Gasteiger partial charge in [0, 0.05) is 13.1 Å². The lowest BCUT2D eigenvalue weighted by Crippen LogP contribution is -2.27. The molecule has 0 aliphatic carbocycles. The Morgan fingerprint density at radius 1 is 0.792 bits per heavy atom. The fourth-order valence-electron chi connectivity index (χ4n) is 3.07. The van der Waals surface area contributed by atoms with Crippen molar-refractivity contribution in [3.05, 3.63) is 43.3 Å². The third kappa shape index (κ3) is 2.60. The Morgan fingerprint density at radius 3 is 1.50 bits per heavy atom. The molecule has 0 saturated heterocycles. The minimum atomic E-state index is -0.369. The summed E-state index contributed by atoms with van der Waals surface area (Å²) < 4.78 is 3.39. The van der Waals surface area contributed by atoms with E-state index in [0.29, 0.717) is 34.9 Å². The maximum absolute atomic E-state index is 12.9. The van der Waals surface area contributed by atoms with Crippen LogP contribution in [0.25, 0.3) is 21.8 Å². The van der Waals surface area contributed by atoms with E-state index < -0.39 is 0 Å². The Labute approximate surface area is 137 Å². The molecule has 0 bridgehead atoms. The molecule has 0 aliphatic rings. The molecule has 24 heavy (non-hydrogen) atoms. The number of hydrogen-bond acceptors (Lipinski definition) is 3. The standard InChI is InChI=1S/C17H22N4O3/c1-9(2)7-20-13-5-11-12(16(23)19-18-15(11)22)6-14(13)21(17(20)24)8-10(3)4/h5-6,9-10H,7-8H2,1-4H3,(H,18,22)(H,19,23). The molecule has 0 spiro atoms. The number of aromatic amines is 2. The van der Waals surface area contributed by atoms with Gasteiger partial charge in [-0.2, -0.15) is 0 Å². The molecule has 7 nitrogen and oxygen atoms in total. The molecular weight excluding hydrogens is 308 g/mol. The van der Waals surface area contributed by atoms with Gasteiger partial charge < -0.3 is 0 Å². The van der Waals surface area contributed by atoms with Crippen molar-refractivity contribution in [3.63, 3.8) is 0 Å². The van der Waals surface area contributed by atoms with Crippen molar-refractivity contribution in [1.82, 2.24) is 19.3 Å². The summed E-state index contributed by atoms with van der Waals surface area (Å²) in [4.78, 5) is 37.0. The molecule has 0 unspecified atom stereocenters. The summed E-state index contributed by atoms with van der Waals surface area (Å²) in [5, 5.41) is 5.26. The minimum Gasteiger partial charge on any atom is -0.292 e. The van der Waals surface area contributed by atoms with Crippen molar-refractivity contribution in [3.8, 4) is 0 Å². The third-order valence-electron chi connectivity index (χ3n) is 4.03. The molecule has 3 aromatic rings. The molecule has 0 atom stereocenters. The SMILES string of the molecule is CC(C)Cn1c(=O)n(CC(C)C)c2cc3c(=O)[nH][nH]c(=O)c3cc21. The fraction of sp³-hybridized carbons (Fsp3) is 0.471. The molecule has 128 valence electrons. The summed E-state index contributed by atoms with van der Waals surface area (Å²) in [7, 11) is 0. The molecule has 2 heterocycles. The summed E-state index contributed by atoms with van der Waals surface area (Å²) in [6.45, 7) is 9.28. The van der Waals surface area contributed by atoms with E-state index in [0.717, 1.165) is 0 Å². The molecule has 1 aromatic carbocycles.